The van der Waals surface area contributed by atoms with Crippen molar-refractivity contribution in [1.82, 2.24) is 20.3 Å². The predicted octanol–water partition coefficient (Wildman–Crippen LogP) is 3.92. The SMILES string of the molecule is Cc1cc(Oc2ccc3c(ccc4oc5c(c43)NC[C@@H](C)NC5O)n2)nc(Cl)n1. The Morgan fingerprint density at radius 2 is 2.03 bits per heavy atom. The summed E-state index contributed by atoms with van der Waals surface area (Å²) in [4.78, 5) is 12.7. The van der Waals surface area contributed by atoms with Gasteiger partial charge in [-0.3, -0.25) is 5.32 Å². The van der Waals surface area contributed by atoms with Crippen LogP contribution in [-0.4, -0.2) is 32.6 Å². The fourth-order valence-corrected chi connectivity index (χ4v) is 3.77. The first-order valence-electron chi connectivity index (χ1n) is 9.21. The van der Waals surface area contributed by atoms with E-state index in [1.165, 1.54) is 0 Å². The van der Waals surface area contributed by atoms with E-state index in [0.29, 0.717) is 35.3 Å². The van der Waals surface area contributed by atoms with E-state index in [2.05, 4.69) is 25.6 Å². The molecule has 5 rings (SSSR count). The average Bonchev–Trinajstić information content (AvgIpc) is 2.98. The summed E-state index contributed by atoms with van der Waals surface area (Å²) in [6, 6.07) is 9.16. The van der Waals surface area contributed by atoms with E-state index in [1.807, 2.05) is 32.0 Å². The molecule has 29 heavy (non-hydrogen) atoms. The Morgan fingerprint density at radius 3 is 2.86 bits per heavy atom. The van der Waals surface area contributed by atoms with Crippen molar-refractivity contribution >= 4 is 39.2 Å². The van der Waals surface area contributed by atoms with E-state index in [1.54, 1.807) is 12.1 Å². The number of anilines is 1. The lowest BCUT2D eigenvalue weighted by atomic mass is 10.1. The summed E-state index contributed by atoms with van der Waals surface area (Å²) in [5, 5.41) is 18.8. The van der Waals surface area contributed by atoms with Gasteiger partial charge in [0, 0.05) is 35.8 Å². The van der Waals surface area contributed by atoms with Crippen LogP contribution in [-0.2, 0) is 0 Å². The van der Waals surface area contributed by atoms with Gasteiger partial charge in [-0.15, -0.1) is 0 Å². The number of aromatic nitrogens is 3. The molecule has 4 heterocycles. The van der Waals surface area contributed by atoms with Crippen LogP contribution < -0.4 is 15.4 Å². The highest BCUT2D eigenvalue weighted by Gasteiger charge is 2.26. The van der Waals surface area contributed by atoms with Gasteiger partial charge in [-0.1, -0.05) is 0 Å². The molecule has 0 saturated heterocycles. The standard InChI is InChI=1S/C20H18ClN5O3/c1-9-7-15(26-20(21)24-9)29-14-6-3-11-12(25-14)4-5-13-16(11)17-18(28-13)19(27)23-10(2)8-22-17/h3-7,10,19,22-23,27H,8H2,1-2H3/t10-,19?/m1/s1. The maximum atomic E-state index is 10.4. The highest BCUT2D eigenvalue weighted by atomic mass is 35.5. The predicted molar refractivity (Wildman–Crippen MR) is 109 cm³/mol. The van der Waals surface area contributed by atoms with Crippen molar-refractivity contribution in [1.29, 1.82) is 0 Å². The summed E-state index contributed by atoms with van der Waals surface area (Å²) < 4.78 is 11.7. The third kappa shape index (κ3) is 3.25. The molecule has 3 N–H and O–H groups in total. The van der Waals surface area contributed by atoms with E-state index in [0.717, 1.165) is 22.0 Å². The van der Waals surface area contributed by atoms with Gasteiger partial charge in [-0.05, 0) is 43.6 Å². The zero-order valence-corrected chi connectivity index (χ0v) is 16.5. The zero-order valence-electron chi connectivity index (χ0n) is 15.7. The van der Waals surface area contributed by atoms with Crippen molar-refractivity contribution in [3.63, 3.8) is 0 Å². The van der Waals surface area contributed by atoms with Gasteiger partial charge in [0.15, 0.2) is 12.0 Å². The van der Waals surface area contributed by atoms with Crippen LogP contribution in [0, 0.1) is 6.92 Å². The normalized spacial score (nSPS) is 19.0. The van der Waals surface area contributed by atoms with Gasteiger partial charge in [-0.25, -0.2) is 9.97 Å². The Morgan fingerprint density at radius 1 is 1.17 bits per heavy atom. The quantitative estimate of drug-likeness (QED) is 0.426. The molecule has 1 unspecified atom stereocenters. The number of nitrogens with zero attached hydrogens (tertiary/aromatic N) is 3. The molecule has 1 aromatic carbocycles. The number of nitrogens with one attached hydrogen (secondary N) is 2. The summed E-state index contributed by atoms with van der Waals surface area (Å²) in [7, 11) is 0. The summed E-state index contributed by atoms with van der Waals surface area (Å²) in [5.74, 6) is 1.20. The van der Waals surface area contributed by atoms with Crippen LogP contribution >= 0.6 is 11.6 Å². The fourth-order valence-electron chi connectivity index (χ4n) is 3.55. The van der Waals surface area contributed by atoms with Crippen molar-refractivity contribution in [2.24, 2.45) is 0 Å². The van der Waals surface area contributed by atoms with Crippen LogP contribution in [0.25, 0.3) is 21.9 Å². The summed E-state index contributed by atoms with van der Waals surface area (Å²) in [5.41, 5.74) is 2.90. The molecule has 0 aliphatic carbocycles. The second-order valence-corrected chi connectivity index (χ2v) is 7.40. The average molecular weight is 412 g/mol. The van der Waals surface area contributed by atoms with Gasteiger partial charge in [0.05, 0.1) is 16.6 Å². The molecule has 0 radical (unpaired) electrons. The van der Waals surface area contributed by atoms with E-state index in [-0.39, 0.29) is 11.3 Å². The van der Waals surface area contributed by atoms with E-state index >= 15 is 0 Å². The number of aliphatic hydroxyl groups excluding tert-OH is 1. The number of hydrogen-bond acceptors (Lipinski definition) is 8. The van der Waals surface area contributed by atoms with Crippen molar-refractivity contribution in [3.8, 4) is 11.8 Å². The number of hydrogen-bond donors (Lipinski definition) is 3. The van der Waals surface area contributed by atoms with E-state index in [4.69, 9.17) is 20.8 Å². The second kappa shape index (κ2) is 6.84. The van der Waals surface area contributed by atoms with Crippen LogP contribution in [0.3, 0.4) is 0 Å². The number of fused-ring (bicyclic) bond motifs is 5. The molecule has 148 valence electrons. The third-order valence-corrected chi connectivity index (χ3v) is 4.98. The lowest BCUT2D eigenvalue weighted by molar-refractivity contribution is 0.109. The van der Waals surface area contributed by atoms with Crippen molar-refractivity contribution in [2.45, 2.75) is 26.1 Å². The lowest BCUT2D eigenvalue weighted by Gasteiger charge is -2.12. The molecule has 9 heteroatoms. The molecule has 0 fully saturated rings. The van der Waals surface area contributed by atoms with Gasteiger partial charge in [-0.2, -0.15) is 4.98 Å². The topological polar surface area (TPSA) is 105 Å². The Labute approximate surface area is 170 Å². The lowest BCUT2D eigenvalue weighted by Crippen LogP contribution is -2.32. The monoisotopic (exact) mass is 411 g/mol. The number of halogens is 1. The Bertz CT molecular complexity index is 1220. The van der Waals surface area contributed by atoms with Crippen molar-refractivity contribution in [2.75, 3.05) is 11.9 Å². The molecule has 1 aliphatic rings. The number of aryl methyl sites for hydroxylation is 1. The molecule has 0 amide bonds. The minimum atomic E-state index is -0.876. The van der Waals surface area contributed by atoms with Crippen LogP contribution in [0.1, 0.15) is 24.6 Å². The maximum absolute atomic E-state index is 10.4. The highest BCUT2D eigenvalue weighted by Crippen LogP contribution is 2.40. The molecule has 1 aliphatic heterocycles. The van der Waals surface area contributed by atoms with Gasteiger partial charge < -0.3 is 19.6 Å². The number of ether oxygens (including phenoxy) is 1. The van der Waals surface area contributed by atoms with Crippen molar-refractivity contribution in [3.05, 3.63) is 47.1 Å². The van der Waals surface area contributed by atoms with Crippen LogP contribution in [0.5, 0.6) is 11.8 Å². The van der Waals surface area contributed by atoms with Gasteiger partial charge >= 0.3 is 0 Å². The van der Waals surface area contributed by atoms with Crippen LogP contribution in [0.2, 0.25) is 5.28 Å². The molecule has 0 spiro atoms. The first-order chi connectivity index (χ1) is 14.0. The van der Waals surface area contributed by atoms with Crippen LogP contribution in [0.4, 0.5) is 5.69 Å². The van der Waals surface area contributed by atoms with Gasteiger partial charge in [0.25, 0.3) is 0 Å². The second-order valence-electron chi connectivity index (χ2n) is 7.07. The minimum Gasteiger partial charge on any atom is -0.455 e. The van der Waals surface area contributed by atoms with Gasteiger partial charge in [0.2, 0.25) is 17.0 Å². The van der Waals surface area contributed by atoms with E-state index < -0.39 is 6.23 Å². The van der Waals surface area contributed by atoms with Crippen LogP contribution in [0.15, 0.2) is 34.7 Å². The molecular weight excluding hydrogens is 394 g/mol. The molecule has 0 bridgehead atoms. The largest absolute Gasteiger partial charge is 0.455 e. The third-order valence-electron chi connectivity index (χ3n) is 4.81. The Balaban J connectivity index is 1.60. The molecule has 4 aromatic rings. The Kier molecular flexibility index (Phi) is 4.27. The number of rotatable bonds is 2. The molecule has 2 atom stereocenters. The molecule has 8 nitrogen and oxygen atoms in total. The zero-order chi connectivity index (χ0) is 20.1. The summed E-state index contributed by atoms with van der Waals surface area (Å²) in [6.45, 7) is 4.47. The Hall–Kier alpha value is -2.94. The number of furan rings is 1. The number of benzene rings is 1. The van der Waals surface area contributed by atoms with E-state index in [9.17, 15) is 5.11 Å². The molecular formula is C20H18ClN5O3. The first kappa shape index (κ1) is 18.1. The summed E-state index contributed by atoms with van der Waals surface area (Å²) >= 11 is 5.90. The fraction of sp³-hybridized carbons (Fsp3) is 0.250. The van der Waals surface area contributed by atoms with Crippen molar-refractivity contribution < 1.29 is 14.3 Å². The smallest absolute Gasteiger partial charge is 0.225 e. The number of pyridine rings is 1. The van der Waals surface area contributed by atoms with Gasteiger partial charge in [0.1, 0.15) is 5.58 Å². The molecule has 0 saturated carbocycles. The maximum Gasteiger partial charge on any atom is 0.225 e. The highest BCUT2D eigenvalue weighted by molar-refractivity contribution is 6.28. The summed E-state index contributed by atoms with van der Waals surface area (Å²) in [6.07, 6.45) is -0.876. The minimum absolute atomic E-state index is 0.0962. The number of aliphatic hydroxyl groups is 1. The molecule has 3 aromatic heterocycles. The first-order valence-corrected chi connectivity index (χ1v) is 9.59.